The first kappa shape index (κ1) is 14.4. The van der Waals surface area contributed by atoms with Crippen LogP contribution in [0.5, 0.6) is 5.75 Å². The summed E-state index contributed by atoms with van der Waals surface area (Å²) in [6.07, 6.45) is 3.50. The summed E-state index contributed by atoms with van der Waals surface area (Å²) in [5.41, 5.74) is 2.14. The van der Waals surface area contributed by atoms with Crippen LogP contribution in [0.2, 0.25) is 0 Å². The molecule has 1 aliphatic rings. The van der Waals surface area contributed by atoms with E-state index in [1.165, 1.54) is 5.56 Å². The van der Waals surface area contributed by atoms with Gasteiger partial charge in [0.25, 0.3) is 0 Å². The smallest absolute Gasteiger partial charge is 0.119 e. The van der Waals surface area contributed by atoms with Crippen molar-refractivity contribution in [2.75, 3.05) is 13.7 Å². The molecule has 3 nitrogen and oxygen atoms in total. The molecule has 1 aromatic carbocycles. The lowest BCUT2D eigenvalue weighted by Crippen LogP contribution is -2.25. The van der Waals surface area contributed by atoms with Gasteiger partial charge < -0.3 is 14.6 Å². The van der Waals surface area contributed by atoms with Gasteiger partial charge in [0.1, 0.15) is 5.75 Å². The number of fused-ring (bicyclic) bond motifs is 1. The maximum Gasteiger partial charge on any atom is 0.119 e. The zero-order valence-corrected chi connectivity index (χ0v) is 12.1. The normalized spacial score (nSPS) is 19.1. The largest absolute Gasteiger partial charge is 0.493 e. The Balaban J connectivity index is 1.95. The topological polar surface area (TPSA) is 38.7 Å². The van der Waals surface area contributed by atoms with Gasteiger partial charge in [-0.2, -0.15) is 0 Å². The number of hydrogen-bond acceptors (Lipinski definition) is 3. The van der Waals surface area contributed by atoms with Gasteiger partial charge in [-0.3, -0.25) is 0 Å². The van der Waals surface area contributed by atoms with Crippen LogP contribution < -0.4 is 4.74 Å². The third-order valence-corrected chi connectivity index (χ3v) is 3.92. The van der Waals surface area contributed by atoms with Crippen LogP contribution in [0.3, 0.4) is 0 Å². The Kier molecular flexibility index (Phi) is 4.48. The minimum atomic E-state index is -0.301. The first-order valence-electron chi connectivity index (χ1n) is 7.01. The molecule has 0 radical (unpaired) electrons. The molecule has 0 heterocycles. The summed E-state index contributed by atoms with van der Waals surface area (Å²) in [6, 6.07) is 6.01. The van der Waals surface area contributed by atoms with E-state index in [1.807, 2.05) is 12.1 Å². The molecule has 1 atom stereocenters. The van der Waals surface area contributed by atoms with E-state index >= 15 is 0 Å². The molecule has 1 aromatic rings. The Labute approximate surface area is 115 Å². The van der Waals surface area contributed by atoms with Crippen molar-refractivity contribution >= 4 is 0 Å². The molecule has 0 saturated carbocycles. The van der Waals surface area contributed by atoms with Crippen molar-refractivity contribution < 1.29 is 14.6 Å². The third kappa shape index (κ3) is 3.71. The molecular formula is C16H24O3. The predicted octanol–water partition coefficient (Wildman–Crippen LogP) is 3.25. The highest BCUT2D eigenvalue weighted by molar-refractivity contribution is 5.38. The summed E-state index contributed by atoms with van der Waals surface area (Å²) < 4.78 is 11.2. The van der Waals surface area contributed by atoms with Crippen molar-refractivity contribution in [2.45, 2.75) is 51.2 Å². The molecule has 0 fully saturated rings. The monoisotopic (exact) mass is 264 g/mol. The molecule has 1 aliphatic carbocycles. The standard InChI is InChI=1S/C16H24O3/c1-16(2,18-3)9-10-19-13-7-8-14-12(11-13)5-4-6-15(14)17/h7-8,11,15,17H,4-6,9-10H2,1-3H3. The lowest BCUT2D eigenvalue weighted by Gasteiger charge is -2.24. The Hall–Kier alpha value is -1.06. The Morgan fingerprint density at radius 3 is 2.89 bits per heavy atom. The first-order chi connectivity index (χ1) is 9.02. The zero-order valence-electron chi connectivity index (χ0n) is 12.1. The second-order valence-corrected chi connectivity index (χ2v) is 5.83. The van der Waals surface area contributed by atoms with E-state index in [4.69, 9.17) is 9.47 Å². The molecule has 0 aliphatic heterocycles. The fourth-order valence-corrected chi connectivity index (χ4v) is 2.37. The van der Waals surface area contributed by atoms with Crippen LogP contribution in [-0.4, -0.2) is 24.4 Å². The summed E-state index contributed by atoms with van der Waals surface area (Å²) in [4.78, 5) is 0. The minimum absolute atomic E-state index is 0.148. The van der Waals surface area contributed by atoms with Crippen molar-refractivity contribution in [1.29, 1.82) is 0 Å². The number of benzene rings is 1. The van der Waals surface area contributed by atoms with E-state index in [9.17, 15) is 5.11 Å². The van der Waals surface area contributed by atoms with Gasteiger partial charge in [0.15, 0.2) is 0 Å². The Bertz CT molecular complexity index is 426. The van der Waals surface area contributed by atoms with E-state index in [-0.39, 0.29) is 11.7 Å². The van der Waals surface area contributed by atoms with Gasteiger partial charge in [-0.05, 0) is 56.4 Å². The summed E-state index contributed by atoms with van der Waals surface area (Å²) in [5.74, 6) is 0.889. The number of rotatable bonds is 5. The second-order valence-electron chi connectivity index (χ2n) is 5.83. The molecule has 0 saturated heterocycles. The molecule has 0 spiro atoms. The average molecular weight is 264 g/mol. The number of methoxy groups -OCH3 is 1. The SMILES string of the molecule is COC(C)(C)CCOc1ccc2c(c1)CCCC2O. The van der Waals surface area contributed by atoms with Crippen LogP contribution in [0.15, 0.2) is 18.2 Å². The van der Waals surface area contributed by atoms with Crippen LogP contribution in [-0.2, 0) is 11.2 Å². The molecule has 0 aromatic heterocycles. The summed E-state index contributed by atoms with van der Waals surface area (Å²) in [5, 5.41) is 9.91. The van der Waals surface area contributed by atoms with Crippen LogP contribution in [0.1, 0.15) is 50.3 Å². The van der Waals surface area contributed by atoms with Crippen molar-refractivity contribution in [1.82, 2.24) is 0 Å². The molecule has 106 valence electrons. The van der Waals surface area contributed by atoms with E-state index in [2.05, 4.69) is 19.9 Å². The molecular weight excluding hydrogens is 240 g/mol. The molecule has 2 rings (SSSR count). The van der Waals surface area contributed by atoms with Gasteiger partial charge in [0, 0.05) is 13.5 Å². The fourth-order valence-electron chi connectivity index (χ4n) is 2.37. The van der Waals surface area contributed by atoms with E-state index in [0.717, 1.165) is 37.0 Å². The quantitative estimate of drug-likeness (QED) is 0.887. The lowest BCUT2D eigenvalue weighted by molar-refractivity contribution is 0.00545. The molecule has 1 N–H and O–H groups in total. The van der Waals surface area contributed by atoms with E-state index in [0.29, 0.717) is 6.61 Å². The first-order valence-corrected chi connectivity index (χ1v) is 7.01. The molecule has 19 heavy (non-hydrogen) atoms. The number of aliphatic hydroxyl groups excluding tert-OH is 1. The third-order valence-electron chi connectivity index (χ3n) is 3.92. The lowest BCUT2D eigenvalue weighted by atomic mass is 9.89. The highest BCUT2D eigenvalue weighted by Crippen LogP contribution is 2.32. The summed E-state index contributed by atoms with van der Waals surface area (Å²) >= 11 is 0. The van der Waals surface area contributed by atoms with Gasteiger partial charge in [0.2, 0.25) is 0 Å². The molecule has 1 unspecified atom stereocenters. The van der Waals surface area contributed by atoms with Crippen LogP contribution in [0.4, 0.5) is 0 Å². The number of aliphatic hydroxyl groups is 1. The van der Waals surface area contributed by atoms with Crippen LogP contribution in [0.25, 0.3) is 0 Å². The van der Waals surface area contributed by atoms with Crippen LogP contribution in [0, 0.1) is 0 Å². The minimum Gasteiger partial charge on any atom is -0.493 e. The Morgan fingerprint density at radius 2 is 2.16 bits per heavy atom. The van der Waals surface area contributed by atoms with Crippen molar-refractivity contribution in [3.63, 3.8) is 0 Å². The average Bonchev–Trinajstić information content (AvgIpc) is 2.39. The van der Waals surface area contributed by atoms with Crippen LogP contribution >= 0.6 is 0 Å². The fraction of sp³-hybridized carbons (Fsp3) is 0.625. The van der Waals surface area contributed by atoms with Crippen molar-refractivity contribution in [2.24, 2.45) is 0 Å². The van der Waals surface area contributed by atoms with Gasteiger partial charge in [-0.15, -0.1) is 0 Å². The highest BCUT2D eigenvalue weighted by atomic mass is 16.5. The van der Waals surface area contributed by atoms with Gasteiger partial charge in [0.05, 0.1) is 18.3 Å². The van der Waals surface area contributed by atoms with Gasteiger partial charge in [-0.1, -0.05) is 6.07 Å². The summed E-state index contributed by atoms with van der Waals surface area (Å²) in [7, 11) is 1.72. The maximum absolute atomic E-state index is 9.91. The molecule has 0 bridgehead atoms. The van der Waals surface area contributed by atoms with Gasteiger partial charge in [-0.25, -0.2) is 0 Å². The second kappa shape index (κ2) is 5.93. The predicted molar refractivity (Wildman–Crippen MR) is 75.5 cm³/mol. The van der Waals surface area contributed by atoms with Gasteiger partial charge >= 0.3 is 0 Å². The molecule has 0 amide bonds. The zero-order chi connectivity index (χ0) is 13.9. The van der Waals surface area contributed by atoms with E-state index < -0.39 is 0 Å². The van der Waals surface area contributed by atoms with Crippen molar-refractivity contribution in [3.8, 4) is 5.75 Å². The highest BCUT2D eigenvalue weighted by Gasteiger charge is 2.19. The molecule has 3 heteroatoms. The number of hydrogen-bond donors (Lipinski definition) is 1. The Morgan fingerprint density at radius 1 is 1.37 bits per heavy atom. The number of aryl methyl sites for hydroxylation is 1. The summed E-state index contributed by atoms with van der Waals surface area (Å²) in [6.45, 7) is 4.75. The van der Waals surface area contributed by atoms with Crippen molar-refractivity contribution in [3.05, 3.63) is 29.3 Å². The maximum atomic E-state index is 9.91. The number of ether oxygens (including phenoxy) is 2. The van der Waals surface area contributed by atoms with E-state index in [1.54, 1.807) is 7.11 Å².